The zero-order valence-corrected chi connectivity index (χ0v) is 12.0. The average Bonchev–Trinajstić information content (AvgIpc) is 2.92. The van der Waals surface area contributed by atoms with E-state index in [1.165, 1.54) is 0 Å². The number of hydrogen-bond acceptors (Lipinski definition) is 3. The molecule has 2 amide bonds. The van der Waals surface area contributed by atoms with Crippen LogP contribution in [0.2, 0.25) is 0 Å². The molecule has 1 rings (SSSR count). The summed E-state index contributed by atoms with van der Waals surface area (Å²) >= 11 is 0. The highest BCUT2D eigenvalue weighted by molar-refractivity contribution is 5.79. The number of ether oxygens (including phenoxy) is 1. The Hall–Kier alpha value is -1.10. The van der Waals surface area contributed by atoms with E-state index >= 15 is 0 Å². The molecule has 19 heavy (non-hydrogen) atoms. The molecule has 0 aliphatic carbocycles. The molecule has 5 nitrogen and oxygen atoms in total. The Kier molecular flexibility index (Phi) is 8.21. The number of rotatable bonds is 9. The Morgan fingerprint density at radius 3 is 2.63 bits per heavy atom. The van der Waals surface area contributed by atoms with Crippen molar-refractivity contribution in [2.45, 2.75) is 45.4 Å². The maximum absolute atomic E-state index is 11.7. The summed E-state index contributed by atoms with van der Waals surface area (Å²) in [7, 11) is 0. The van der Waals surface area contributed by atoms with Crippen molar-refractivity contribution < 1.29 is 14.3 Å². The summed E-state index contributed by atoms with van der Waals surface area (Å²) in [5.41, 5.74) is 0. The number of nitrogens with one attached hydrogen (secondary N) is 1. The predicted molar refractivity (Wildman–Crippen MR) is 73.8 cm³/mol. The molecule has 1 aliphatic heterocycles. The van der Waals surface area contributed by atoms with Crippen LogP contribution in [0.4, 0.5) is 0 Å². The largest absolute Gasteiger partial charge is 0.372 e. The lowest BCUT2D eigenvalue weighted by atomic mass is 10.3. The summed E-state index contributed by atoms with van der Waals surface area (Å²) < 4.78 is 5.25. The first-order valence-corrected chi connectivity index (χ1v) is 7.36. The Morgan fingerprint density at radius 2 is 1.95 bits per heavy atom. The highest BCUT2D eigenvalue weighted by atomic mass is 16.5. The quantitative estimate of drug-likeness (QED) is 0.643. The molecule has 0 aromatic rings. The summed E-state index contributed by atoms with van der Waals surface area (Å²) in [5, 5.41) is 2.72. The zero-order chi connectivity index (χ0) is 13.9. The highest BCUT2D eigenvalue weighted by Gasteiger charge is 2.17. The number of carbonyl (C=O) groups is 2. The number of unbranched alkanes of at least 4 members (excludes halogenated alkanes) is 2. The summed E-state index contributed by atoms with van der Waals surface area (Å²) in [6, 6.07) is 0. The van der Waals surface area contributed by atoms with Gasteiger partial charge >= 0.3 is 0 Å². The van der Waals surface area contributed by atoms with Gasteiger partial charge in [-0.2, -0.15) is 0 Å². The molecule has 1 aliphatic rings. The lowest BCUT2D eigenvalue weighted by Crippen LogP contribution is -2.34. The number of carbonyl (C=O) groups excluding carboxylic acids is 2. The minimum Gasteiger partial charge on any atom is -0.372 e. The molecule has 1 saturated heterocycles. The first-order valence-electron chi connectivity index (χ1n) is 7.36. The van der Waals surface area contributed by atoms with Gasteiger partial charge in [0.25, 0.3) is 0 Å². The van der Waals surface area contributed by atoms with Gasteiger partial charge in [-0.3, -0.25) is 9.59 Å². The first-order chi connectivity index (χ1) is 9.24. The van der Waals surface area contributed by atoms with Crippen LogP contribution in [0.3, 0.4) is 0 Å². The van der Waals surface area contributed by atoms with Gasteiger partial charge in [-0.15, -0.1) is 0 Å². The highest BCUT2D eigenvalue weighted by Crippen LogP contribution is 2.08. The van der Waals surface area contributed by atoms with E-state index in [-0.39, 0.29) is 18.4 Å². The van der Waals surface area contributed by atoms with Crippen LogP contribution in [0.25, 0.3) is 0 Å². The van der Waals surface area contributed by atoms with Gasteiger partial charge in [-0.05, 0) is 19.3 Å². The fourth-order valence-corrected chi connectivity index (χ4v) is 2.10. The Morgan fingerprint density at radius 1 is 1.21 bits per heavy atom. The molecular weight excluding hydrogens is 244 g/mol. The molecule has 1 N–H and O–H groups in total. The maximum Gasteiger partial charge on any atom is 0.246 e. The predicted octanol–water partition coefficient (Wildman–Crippen LogP) is 1.32. The zero-order valence-electron chi connectivity index (χ0n) is 12.0. The summed E-state index contributed by atoms with van der Waals surface area (Å²) in [4.78, 5) is 25.0. The van der Waals surface area contributed by atoms with Crippen molar-refractivity contribution >= 4 is 11.8 Å². The third kappa shape index (κ3) is 7.15. The lowest BCUT2D eigenvalue weighted by molar-refractivity contribution is -0.130. The van der Waals surface area contributed by atoms with Crippen LogP contribution < -0.4 is 5.32 Å². The van der Waals surface area contributed by atoms with Crippen LogP contribution >= 0.6 is 0 Å². The topological polar surface area (TPSA) is 58.6 Å². The standard InChI is InChI=1S/C14H26N2O3/c1-2-3-6-11-19-12-13(17)15-8-7-14(18)16-9-4-5-10-16/h2-12H2,1H3,(H,15,17). The van der Waals surface area contributed by atoms with E-state index in [0.717, 1.165) is 45.2 Å². The smallest absolute Gasteiger partial charge is 0.246 e. The second-order valence-corrected chi connectivity index (χ2v) is 4.95. The SMILES string of the molecule is CCCCCOCC(=O)NCCC(=O)N1CCCC1. The molecule has 1 fully saturated rings. The van der Waals surface area contributed by atoms with Gasteiger partial charge in [0.05, 0.1) is 0 Å². The minimum absolute atomic E-state index is 0.0988. The van der Waals surface area contributed by atoms with Gasteiger partial charge in [0.15, 0.2) is 0 Å². The number of hydrogen-bond donors (Lipinski definition) is 1. The summed E-state index contributed by atoms with van der Waals surface area (Å²) in [6.45, 7) is 5.01. The molecule has 0 unspecified atom stereocenters. The molecule has 110 valence electrons. The van der Waals surface area contributed by atoms with Crippen LogP contribution in [0.15, 0.2) is 0 Å². The van der Waals surface area contributed by atoms with Crippen molar-refractivity contribution in [2.24, 2.45) is 0 Å². The molecule has 5 heteroatoms. The van der Waals surface area contributed by atoms with E-state index in [0.29, 0.717) is 19.6 Å². The average molecular weight is 270 g/mol. The Bertz CT molecular complexity index is 276. The normalized spacial score (nSPS) is 14.7. The van der Waals surface area contributed by atoms with E-state index in [4.69, 9.17) is 4.74 Å². The third-order valence-corrected chi connectivity index (χ3v) is 3.25. The van der Waals surface area contributed by atoms with Crippen molar-refractivity contribution in [1.29, 1.82) is 0 Å². The van der Waals surface area contributed by atoms with Crippen LogP contribution in [-0.2, 0) is 14.3 Å². The molecule has 1 heterocycles. The Labute approximate surface area is 115 Å². The Balaban J connectivity index is 1.96. The maximum atomic E-state index is 11.7. The molecule has 0 bridgehead atoms. The molecule has 0 spiro atoms. The second-order valence-electron chi connectivity index (χ2n) is 4.95. The molecular formula is C14H26N2O3. The van der Waals surface area contributed by atoms with Gasteiger partial charge in [-0.1, -0.05) is 19.8 Å². The van der Waals surface area contributed by atoms with Crippen molar-refractivity contribution in [1.82, 2.24) is 10.2 Å². The minimum atomic E-state index is -0.134. The fourth-order valence-electron chi connectivity index (χ4n) is 2.10. The van der Waals surface area contributed by atoms with E-state index in [9.17, 15) is 9.59 Å². The van der Waals surface area contributed by atoms with Crippen LogP contribution in [0.5, 0.6) is 0 Å². The first kappa shape index (κ1) is 16.0. The molecule has 0 radical (unpaired) electrons. The monoisotopic (exact) mass is 270 g/mol. The van der Waals surface area contributed by atoms with Crippen LogP contribution in [-0.4, -0.2) is 49.6 Å². The lowest BCUT2D eigenvalue weighted by Gasteiger charge is -2.15. The third-order valence-electron chi connectivity index (χ3n) is 3.25. The number of likely N-dealkylation sites (tertiary alicyclic amines) is 1. The van der Waals surface area contributed by atoms with Gasteiger partial charge < -0.3 is 15.0 Å². The van der Waals surface area contributed by atoms with Crippen LogP contribution in [0, 0.1) is 0 Å². The molecule has 0 aromatic heterocycles. The van der Waals surface area contributed by atoms with E-state index < -0.39 is 0 Å². The van der Waals surface area contributed by atoms with Crippen molar-refractivity contribution in [3.63, 3.8) is 0 Å². The van der Waals surface area contributed by atoms with E-state index in [1.807, 2.05) is 4.90 Å². The van der Waals surface area contributed by atoms with E-state index in [2.05, 4.69) is 12.2 Å². The fraction of sp³-hybridized carbons (Fsp3) is 0.857. The van der Waals surface area contributed by atoms with E-state index in [1.54, 1.807) is 0 Å². The van der Waals surface area contributed by atoms with Gasteiger partial charge in [-0.25, -0.2) is 0 Å². The number of nitrogens with zero attached hydrogens (tertiary/aromatic N) is 1. The molecule has 0 atom stereocenters. The second kappa shape index (κ2) is 9.78. The number of amides is 2. The summed E-state index contributed by atoms with van der Waals surface area (Å²) in [6.07, 6.45) is 5.87. The van der Waals surface area contributed by atoms with Gasteiger partial charge in [0.2, 0.25) is 11.8 Å². The molecule has 0 aromatic carbocycles. The van der Waals surface area contributed by atoms with Crippen LogP contribution in [0.1, 0.15) is 45.4 Å². The van der Waals surface area contributed by atoms with Crippen molar-refractivity contribution in [3.05, 3.63) is 0 Å². The van der Waals surface area contributed by atoms with Crippen molar-refractivity contribution in [2.75, 3.05) is 32.8 Å². The molecule has 0 saturated carbocycles. The van der Waals surface area contributed by atoms with Gasteiger partial charge in [0.1, 0.15) is 6.61 Å². The van der Waals surface area contributed by atoms with Gasteiger partial charge in [0, 0.05) is 32.7 Å². The summed E-state index contributed by atoms with van der Waals surface area (Å²) in [5.74, 6) is 0.00684. The van der Waals surface area contributed by atoms with Crippen molar-refractivity contribution in [3.8, 4) is 0 Å².